The summed E-state index contributed by atoms with van der Waals surface area (Å²) in [7, 11) is 0. The molecule has 2 heterocycles. The van der Waals surface area contributed by atoms with E-state index in [2.05, 4.69) is 5.32 Å². The van der Waals surface area contributed by atoms with Gasteiger partial charge in [-0.15, -0.1) is 0 Å². The minimum atomic E-state index is -0.353. The van der Waals surface area contributed by atoms with Crippen LogP contribution in [0.3, 0.4) is 0 Å². The number of fused-ring (bicyclic) bond motifs is 2. The van der Waals surface area contributed by atoms with E-state index in [4.69, 9.17) is 0 Å². The number of nitrogens with zero attached hydrogens (tertiary/aromatic N) is 2. The second kappa shape index (κ2) is 8.55. The highest BCUT2D eigenvalue weighted by atomic mass is 16.2. The Hall–Kier alpha value is -2.37. The zero-order chi connectivity index (χ0) is 19.4. The van der Waals surface area contributed by atoms with E-state index in [1.165, 1.54) is 4.90 Å². The molecule has 0 spiro atoms. The molecule has 0 aromatic heterocycles. The summed E-state index contributed by atoms with van der Waals surface area (Å²) in [6.45, 7) is 4.99. The highest BCUT2D eigenvalue weighted by Gasteiger charge is 2.46. The highest BCUT2D eigenvalue weighted by Crippen LogP contribution is 2.30. The minimum Gasteiger partial charge on any atom is -0.354 e. The van der Waals surface area contributed by atoms with Gasteiger partial charge in [-0.3, -0.25) is 14.5 Å². The van der Waals surface area contributed by atoms with Gasteiger partial charge in [-0.1, -0.05) is 37.6 Å². The van der Waals surface area contributed by atoms with Gasteiger partial charge in [0.2, 0.25) is 5.91 Å². The van der Waals surface area contributed by atoms with Crippen molar-refractivity contribution in [2.75, 3.05) is 6.54 Å². The van der Waals surface area contributed by atoms with Crippen molar-refractivity contribution >= 4 is 17.8 Å². The molecule has 3 rings (SSSR count). The average molecular weight is 371 g/mol. The number of hydrogen-bond donors (Lipinski definition) is 1. The van der Waals surface area contributed by atoms with Crippen molar-refractivity contribution in [2.24, 2.45) is 0 Å². The third-order valence-corrected chi connectivity index (χ3v) is 5.58. The van der Waals surface area contributed by atoms with E-state index in [0.717, 1.165) is 36.8 Å². The lowest BCUT2D eigenvalue weighted by atomic mass is 9.95. The molecule has 1 aromatic rings. The van der Waals surface area contributed by atoms with Crippen molar-refractivity contribution in [3.05, 3.63) is 35.4 Å². The molecule has 0 unspecified atom stereocenters. The number of amides is 4. The first-order valence-corrected chi connectivity index (χ1v) is 9.99. The Morgan fingerprint density at radius 3 is 2.67 bits per heavy atom. The van der Waals surface area contributed by atoms with E-state index in [-0.39, 0.29) is 29.9 Å². The molecule has 0 aliphatic carbocycles. The second-order valence-electron chi connectivity index (χ2n) is 7.58. The van der Waals surface area contributed by atoms with E-state index in [1.54, 1.807) is 4.90 Å². The predicted octanol–water partition coefficient (Wildman–Crippen LogP) is 2.85. The minimum absolute atomic E-state index is 0.0765. The summed E-state index contributed by atoms with van der Waals surface area (Å²) in [4.78, 5) is 40.2. The summed E-state index contributed by atoms with van der Waals surface area (Å²) in [6.07, 6.45) is 4.37. The summed E-state index contributed by atoms with van der Waals surface area (Å²) < 4.78 is 0. The summed E-state index contributed by atoms with van der Waals surface area (Å²) >= 11 is 0. The van der Waals surface area contributed by atoms with Gasteiger partial charge in [-0.2, -0.15) is 0 Å². The van der Waals surface area contributed by atoms with Gasteiger partial charge in [-0.05, 0) is 37.3 Å². The molecule has 2 atom stereocenters. The number of rotatable bonds is 8. The maximum Gasteiger partial charge on any atom is 0.327 e. The molecule has 1 aromatic carbocycles. The Bertz CT molecular complexity index is 675. The molecule has 146 valence electrons. The maximum atomic E-state index is 12.7. The van der Waals surface area contributed by atoms with E-state index >= 15 is 0 Å². The summed E-state index contributed by atoms with van der Waals surface area (Å²) in [5, 5.41) is 2.95. The molecular formula is C21H29N3O3. The van der Waals surface area contributed by atoms with E-state index in [9.17, 15) is 14.4 Å². The van der Waals surface area contributed by atoms with Crippen LogP contribution in [0.4, 0.5) is 4.79 Å². The lowest BCUT2D eigenvalue weighted by Crippen LogP contribution is -2.39. The Kier molecular flexibility index (Phi) is 6.14. The number of nitrogens with one attached hydrogen (secondary N) is 1. The van der Waals surface area contributed by atoms with Crippen molar-refractivity contribution in [1.82, 2.24) is 15.1 Å². The zero-order valence-electron chi connectivity index (χ0n) is 16.2. The number of carbonyl (C=O) groups excluding carboxylic acids is 3. The lowest BCUT2D eigenvalue weighted by molar-refractivity contribution is -0.128. The first-order chi connectivity index (χ1) is 13.0. The van der Waals surface area contributed by atoms with Crippen LogP contribution in [0.1, 0.15) is 57.1 Å². The number of hydrogen-bond acceptors (Lipinski definition) is 3. The molecule has 1 saturated heterocycles. The second-order valence-corrected chi connectivity index (χ2v) is 7.58. The third kappa shape index (κ3) is 4.31. The zero-order valence-corrected chi connectivity index (χ0v) is 16.2. The van der Waals surface area contributed by atoms with Gasteiger partial charge >= 0.3 is 6.03 Å². The van der Waals surface area contributed by atoms with Crippen LogP contribution in [0.5, 0.6) is 0 Å². The monoisotopic (exact) mass is 371 g/mol. The largest absolute Gasteiger partial charge is 0.354 e. The molecule has 0 radical (unpaired) electrons. The van der Waals surface area contributed by atoms with Gasteiger partial charge in [0.05, 0.1) is 0 Å². The third-order valence-electron chi connectivity index (χ3n) is 5.58. The van der Waals surface area contributed by atoms with Crippen molar-refractivity contribution in [3.63, 3.8) is 0 Å². The Morgan fingerprint density at radius 2 is 1.93 bits per heavy atom. The van der Waals surface area contributed by atoms with Crippen LogP contribution in [-0.4, -0.2) is 46.3 Å². The van der Waals surface area contributed by atoms with Crippen molar-refractivity contribution in [1.29, 1.82) is 0 Å². The van der Waals surface area contributed by atoms with Gasteiger partial charge in [-0.25, -0.2) is 4.79 Å². The van der Waals surface area contributed by atoms with Crippen LogP contribution < -0.4 is 5.32 Å². The van der Waals surface area contributed by atoms with Crippen molar-refractivity contribution in [2.45, 2.75) is 71.0 Å². The number of unbranched alkanes of at least 4 members (excludes halogenated alkanes) is 2. The molecule has 0 bridgehead atoms. The van der Waals surface area contributed by atoms with Gasteiger partial charge in [0.1, 0.15) is 6.04 Å². The fraction of sp³-hybridized carbons (Fsp3) is 0.571. The van der Waals surface area contributed by atoms with E-state index in [0.29, 0.717) is 25.9 Å². The van der Waals surface area contributed by atoms with Gasteiger partial charge in [0.15, 0.2) is 0 Å². The summed E-state index contributed by atoms with van der Waals surface area (Å²) in [5.41, 5.74) is 2.29. The van der Waals surface area contributed by atoms with Crippen LogP contribution in [0, 0.1) is 0 Å². The van der Waals surface area contributed by atoms with E-state index in [1.807, 2.05) is 38.1 Å². The Labute approximate surface area is 160 Å². The molecular weight excluding hydrogens is 342 g/mol. The lowest BCUT2D eigenvalue weighted by Gasteiger charge is -2.28. The summed E-state index contributed by atoms with van der Waals surface area (Å²) in [5.74, 6) is -0.00316. The molecule has 27 heavy (non-hydrogen) atoms. The first-order valence-electron chi connectivity index (χ1n) is 9.99. The highest BCUT2D eigenvalue weighted by molar-refractivity contribution is 6.04. The molecule has 1 fully saturated rings. The van der Waals surface area contributed by atoms with Crippen LogP contribution >= 0.6 is 0 Å². The number of carbonyl (C=O) groups is 3. The van der Waals surface area contributed by atoms with Crippen molar-refractivity contribution < 1.29 is 14.4 Å². The molecule has 1 N–H and O–H groups in total. The van der Waals surface area contributed by atoms with Crippen molar-refractivity contribution in [3.8, 4) is 0 Å². The van der Waals surface area contributed by atoms with Gasteiger partial charge in [0, 0.05) is 32.0 Å². The van der Waals surface area contributed by atoms with Crippen LogP contribution in [0.2, 0.25) is 0 Å². The molecule has 4 amide bonds. The van der Waals surface area contributed by atoms with Gasteiger partial charge in [0.25, 0.3) is 5.91 Å². The standard InChI is InChI=1S/C21H29N3O3/c1-3-15(2)22-19(25)11-5-4-8-12-23-20(26)18-13-16-9-6-7-10-17(16)14-24(18)21(23)27/h6-7,9-10,15,18H,3-5,8,11-14H2,1-2H3,(H,22,25)/t15-,18-/m0/s1. The Morgan fingerprint density at radius 1 is 1.19 bits per heavy atom. The predicted molar refractivity (Wildman–Crippen MR) is 103 cm³/mol. The average Bonchev–Trinajstić information content (AvgIpc) is 2.90. The molecule has 6 nitrogen and oxygen atoms in total. The quantitative estimate of drug-likeness (QED) is 0.564. The van der Waals surface area contributed by atoms with Gasteiger partial charge < -0.3 is 10.2 Å². The number of imide groups is 1. The summed E-state index contributed by atoms with van der Waals surface area (Å²) in [6, 6.07) is 7.69. The fourth-order valence-corrected chi connectivity index (χ4v) is 3.76. The SMILES string of the molecule is CC[C@H](C)NC(=O)CCCCCN1C(=O)[C@@H]2Cc3ccccc3CN2C1=O. The number of urea groups is 1. The van der Waals surface area contributed by atoms with Crippen LogP contribution in [-0.2, 0) is 22.6 Å². The van der Waals surface area contributed by atoms with E-state index < -0.39 is 0 Å². The smallest absolute Gasteiger partial charge is 0.327 e. The number of benzene rings is 1. The maximum absolute atomic E-state index is 12.7. The molecule has 2 aliphatic rings. The van der Waals surface area contributed by atoms with Crippen LogP contribution in [0.15, 0.2) is 24.3 Å². The fourth-order valence-electron chi connectivity index (χ4n) is 3.76. The van der Waals surface area contributed by atoms with Crippen LogP contribution in [0.25, 0.3) is 0 Å². The molecule has 6 heteroatoms. The molecule has 2 aliphatic heterocycles. The normalized spacial score (nSPS) is 19.7. The Balaban J connectivity index is 1.45. The topological polar surface area (TPSA) is 69.7 Å². The first kappa shape index (κ1) is 19.4. The molecule has 0 saturated carbocycles.